The van der Waals surface area contributed by atoms with E-state index in [0.717, 1.165) is 46.1 Å². The number of nitrogens with zero attached hydrogens (tertiary/aromatic N) is 7. The lowest BCUT2D eigenvalue weighted by Gasteiger charge is -2.34. The Labute approximate surface area is 174 Å². The summed E-state index contributed by atoms with van der Waals surface area (Å²) in [5.74, 6) is 1.58. The summed E-state index contributed by atoms with van der Waals surface area (Å²) in [4.78, 5) is 7.17. The minimum Gasteiger partial charge on any atom is -0.377 e. The van der Waals surface area contributed by atoms with Crippen molar-refractivity contribution in [3.63, 3.8) is 0 Å². The van der Waals surface area contributed by atoms with Crippen molar-refractivity contribution in [2.45, 2.75) is 19.9 Å². The van der Waals surface area contributed by atoms with Gasteiger partial charge in [-0.15, -0.1) is 5.10 Å². The van der Waals surface area contributed by atoms with Crippen molar-refractivity contribution >= 4 is 16.9 Å². The number of aryl methyl sites for hydroxylation is 1. The molecule has 0 aromatic carbocycles. The van der Waals surface area contributed by atoms with Crippen LogP contribution >= 0.6 is 0 Å². The molecule has 1 saturated heterocycles. The van der Waals surface area contributed by atoms with E-state index in [9.17, 15) is 0 Å². The molecule has 5 heterocycles. The van der Waals surface area contributed by atoms with Crippen LogP contribution in [0.25, 0.3) is 33.9 Å². The van der Waals surface area contributed by atoms with Crippen molar-refractivity contribution in [3.8, 4) is 22.8 Å². The molecule has 0 saturated carbocycles. The molecule has 0 bridgehead atoms. The molecule has 4 aromatic rings. The molecular formula is C21H24N8O. The molecule has 0 amide bonds. The van der Waals surface area contributed by atoms with Gasteiger partial charge in [0.15, 0.2) is 11.6 Å². The van der Waals surface area contributed by atoms with Gasteiger partial charge in [-0.3, -0.25) is 9.78 Å². The number of nitrogens with one attached hydrogen (secondary N) is 1. The number of aromatic amines is 1. The highest BCUT2D eigenvalue weighted by atomic mass is 16.5. The van der Waals surface area contributed by atoms with Crippen LogP contribution in [-0.2, 0) is 11.8 Å². The van der Waals surface area contributed by atoms with E-state index in [-0.39, 0.29) is 6.04 Å². The molecule has 5 rings (SSSR count). The van der Waals surface area contributed by atoms with Crippen LogP contribution in [0.2, 0.25) is 0 Å². The molecule has 1 fully saturated rings. The standard InChI is InChI=1S/C21H24N8O/c1-13(2)19-20-15(17-6-8-23-27(17)4)11-18(28-9-10-30-12-14(28)3)26-29(20)21(24-19)16-5-7-22-25-16/h5-8,11,14H,1,9-10,12H2,2-4H3,(H,22,25)/t14-/m1/s1. The molecule has 1 aliphatic heterocycles. The Balaban J connectivity index is 1.85. The molecule has 1 atom stereocenters. The predicted octanol–water partition coefficient (Wildman–Crippen LogP) is 2.78. The summed E-state index contributed by atoms with van der Waals surface area (Å²) in [6.45, 7) is 10.4. The third kappa shape index (κ3) is 2.89. The molecule has 1 N–H and O–H groups in total. The first-order chi connectivity index (χ1) is 14.5. The van der Waals surface area contributed by atoms with Gasteiger partial charge in [0, 0.05) is 31.5 Å². The quantitative estimate of drug-likeness (QED) is 0.563. The van der Waals surface area contributed by atoms with Crippen LogP contribution in [0.15, 0.2) is 37.2 Å². The van der Waals surface area contributed by atoms with Crippen molar-refractivity contribution < 1.29 is 4.74 Å². The fourth-order valence-corrected chi connectivity index (χ4v) is 3.97. The zero-order valence-electron chi connectivity index (χ0n) is 17.3. The van der Waals surface area contributed by atoms with E-state index < -0.39 is 0 Å². The fourth-order valence-electron chi connectivity index (χ4n) is 3.97. The van der Waals surface area contributed by atoms with Gasteiger partial charge in [-0.25, -0.2) is 9.50 Å². The summed E-state index contributed by atoms with van der Waals surface area (Å²) < 4.78 is 9.40. The van der Waals surface area contributed by atoms with E-state index in [4.69, 9.17) is 14.8 Å². The zero-order valence-corrected chi connectivity index (χ0v) is 17.3. The summed E-state index contributed by atoms with van der Waals surface area (Å²) in [5.41, 5.74) is 5.38. The zero-order chi connectivity index (χ0) is 20.8. The molecule has 0 spiro atoms. The molecule has 0 radical (unpaired) electrons. The molecule has 1 aliphatic rings. The number of aromatic nitrogens is 7. The molecule has 154 valence electrons. The van der Waals surface area contributed by atoms with Crippen LogP contribution in [0.5, 0.6) is 0 Å². The fraction of sp³-hybridized carbons (Fsp3) is 0.333. The second kappa shape index (κ2) is 7.10. The number of fused-ring (bicyclic) bond motifs is 1. The summed E-state index contributed by atoms with van der Waals surface area (Å²) in [7, 11) is 1.94. The normalized spacial score (nSPS) is 17.0. The van der Waals surface area contributed by atoms with Crippen LogP contribution in [0, 0.1) is 0 Å². The van der Waals surface area contributed by atoms with E-state index >= 15 is 0 Å². The number of allylic oxidation sites excluding steroid dienone is 1. The van der Waals surface area contributed by atoms with Crippen molar-refractivity contribution in [2.75, 3.05) is 24.7 Å². The van der Waals surface area contributed by atoms with Gasteiger partial charge in [-0.1, -0.05) is 6.58 Å². The number of H-pyrrole nitrogens is 1. The van der Waals surface area contributed by atoms with Crippen LogP contribution in [0.1, 0.15) is 19.5 Å². The van der Waals surface area contributed by atoms with Gasteiger partial charge in [0.1, 0.15) is 11.2 Å². The molecular weight excluding hydrogens is 380 g/mol. The van der Waals surface area contributed by atoms with E-state index in [1.165, 1.54) is 0 Å². The number of anilines is 1. The first-order valence-corrected chi connectivity index (χ1v) is 9.96. The Morgan fingerprint density at radius 3 is 2.83 bits per heavy atom. The monoisotopic (exact) mass is 404 g/mol. The summed E-state index contributed by atoms with van der Waals surface area (Å²) in [6, 6.07) is 6.25. The highest BCUT2D eigenvalue weighted by Crippen LogP contribution is 2.35. The number of ether oxygens (including phenoxy) is 1. The van der Waals surface area contributed by atoms with Gasteiger partial charge in [0.05, 0.1) is 30.6 Å². The van der Waals surface area contributed by atoms with Gasteiger partial charge in [-0.2, -0.15) is 10.2 Å². The lowest BCUT2D eigenvalue weighted by Crippen LogP contribution is -2.44. The number of imidazole rings is 1. The Morgan fingerprint density at radius 2 is 2.17 bits per heavy atom. The van der Waals surface area contributed by atoms with Gasteiger partial charge in [0.25, 0.3) is 0 Å². The SMILES string of the molecule is C=C(C)c1nc(-c2ccn[nH]2)n2nc(N3CCOC[C@H]3C)cc(-c3ccnn3C)c12. The van der Waals surface area contributed by atoms with Crippen molar-refractivity contribution in [2.24, 2.45) is 7.05 Å². The molecule has 0 aliphatic carbocycles. The molecule has 4 aromatic heterocycles. The maximum atomic E-state index is 5.63. The third-order valence-electron chi connectivity index (χ3n) is 5.49. The van der Waals surface area contributed by atoms with Crippen LogP contribution in [0.3, 0.4) is 0 Å². The average Bonchev–Trinajstić information content (AvgIpc) is 3.47. The maximum absolute atomic E-state index is 5.63. The van der Waals surface area contributed by atoms with Crippen molar-refractivity contribution in [1.82, 2.24) is 34.6 Å². The van der Waals surface area contributed by atoms with Crippen LogP contribution < -0.4 is 4.90 Å². The van der Waals surface area contributed by atoms with Crippen molar-refractivity contribution in [1.29, 1.82) is 0 Å². The number of morpholine rings is 1. The minimum absolute atomic E-state index is 0.225. The molecule has 9 nitrogen and oxygen atoms in total. The second-order valence-electron chi connectivity index (χ2n) is 7.67. The van der Waals surface area contributed by atoms with Crippen LogP contribution in [-0.4, -0.2) is 60.4 Å². The topological polar surface area (TPSA) is 89.2 Å². The largest absolute Gasteiger partial charge is 0.377 e. The van der Waals surface area contributed by atoms with E-state index in [1.54, 1.807) is 12.4 Å². The molecule has 30 heavy (non-hydrogen) atoms. The van der Waals surface area contributed by atoms with Gasteiger partial charge in [0.2, 0.25) is 0 Å². The summed E-state index contributed by atoms with van der Waals surface area (Å²) in [5, 5.41) is 16.5. The summed E-state index contributed by atoms with van der Waals surface area (Å²) in [6.07, 6.45) is 3.52. The summed E-state index contributed by atoms with van der Waals surface area (Å²) >= 11 is 0. The Morgan fingerprint density at radius 1 is 1.30 bits per heavy atom. The highest BCUT2D eigenvalue weighted by Gasteiger charge is 2.26. The van der Waals surface area contributed by atoms with Crippen molar-refractivity contribution in [3.05, 3.63) is 42.9 Å². The minimum atomic E-state index is 0.225. The number of hydrogen-bond donors (Lipinski definition) is 1. The molecule has 9 heteroatoms. The number of rotatable bonds is 4. The lowest BCUT2D eigenvalue weighted by atomic mass is 10.1. The first-order valence-electron chi connectivity index (χ1n) is 9.96. The Hall–Kier alpha value is -3.46. The maximum Gasteiger partial charge on any atom is 0.180 e. The second-order valence-corrected chi connectivity index (χ2v) is 7.67. The molecule has 0 unspecified atom stereocenters. The predicted molar refractivity (Wildman–Crippen MR) is 115 cm³/mol. The Bertz CT molecular complexity index is 1220. The Kier molecular flexibility index (Phi) is 4.39. The van der Waals surface area contributed by atoms with E-state index in [0.29, 0.717) is 19.0 Å². The van der Waals surface area contributed by atoms with Gasteiger partial charge >= 0.3 is 0 Å². The first kappa shape index (κ1) is 18.6. The van der Waals surface area contributed by atoms with Gasteiger partial charge < -0.3 is 9.64 Å². The van der Waals surface area contributed by atoms with Crippen LogP contribution in [0.4, 0.5) is 5.82 Å². The highest BCUT2D eigenvalue weighted by molar-refractivity contribution is 5.90. The van der Waals surface area contributed by atoms with E-state index in [1.807, 2.05) is 35.3 Å². The van der Waals surface area contributed by atoms with E-state index in [2.05, 4.69) is 39.8 Å². The average molecular weight is 404 g/mol. The lowest BCUT2D eigenvalue weighted by molar-refractivity contribution is 0.0984. The smallest absolute Gasteiger partial charge is 0.180 e. The van der Waals surface area contributed by atoms with Gasteiger partial charge in [-0.05, 0) is 37.6 Å². The number of hydrogen-bond acceptors (Lipinski definition) is 6. The third-order valence-corrected chi connectivity index (χ3v) is 5.49.